The van der Waals surface area contributed by atoms with Gasteiger partial charge in [-0.1, -0.05) is 6.07 Å². The predicted octanol–water partition coefficient (Wildman–Crippen LogP) is 4.25. The number of pyridine rings is 1. The van der Waals surface area contributed by atoms with Crippen molar-refractivity contribution in [1.82, 2.24) is 14.9 Å². The lowest BCUT2D eigenvalue weighted by atomic mass is 9.90. The quantitative estimate of drug-likeness (QED) is 0.790. The van der Waals surface area contributed by atoms with E-state index < -0.39 is 5.41 Å². The van der Waals surface area contributed by atoms with Gasteiger partial charge in [-0.3, -0.25) is 4.79 Å². The van der Waals surface area contributed by atoms with Crippen LogP contribution < -0.4 is 5.32 Å². The average molecular weight is 379 g/mol. The van der Waals surface area contributed by atoms with E-state index in [0.717, 1.165) is 36.0 Å². The second-order valence-electron chi connectivity index (χ2n) is 7.03. The lowest BCUT2D eigenvalue weighted by Crippen LogP contribution is -2.46. The summed E-state index contributed by atoms with van der Waals surface area (Å²) in [6.07, 6.45) is 3.80. The molecule has 1 aliphatic rings. The molecule has 1 aliphatic heterocycles. The Bertz CT molecular complexity index is 719. The zero-order chi connectivity index (χ0) is 17.9. The van der Waals surface area contributed by atoms with E-state index in [1.54, 1.807) is 17.5 Å². The van der Waals surface area contributed by atoms with Gasteiger partial charge < -0.3 is 10.2 Å². The Morgan fingerprint density at radius 1 is 1.48 bits per heavy atom. The third-order valence-electron chi connectivity index (χ3n) is 4.46. The molecule has 25 heavy (non-hydrogen) atoms. The highest BCUT2D eigenvalue weighted by molar-refractivity contribution is 7.13. The number of nitrogens with one attached hydrogen (secondary N) is 1. The second kappa shape index (κ2) is 7.70. The highest BCUT2D eigenvalue weighted by Crippen LogP contribution is 2.32. The molecule has 1 amide bonds. The molecule has 0 saturated carbocycles. The Balaban J connectivity index is 1.67. The first kappa shape index (κ1) is 18.1. The lowest BCUT2D eigenvalue weighted by molar-refractivity contribution is -0.140. The summed E-state index contributed by atoms with van der Waals surface area (Å²) in [5, 5.41) is 6.14. The van der Waals surface area contributed by atoms with Gasteiger partial charge in [0.15, 0.2) is 5.13 Å². The van der Waals surface area contributed by atoms with Crippen molar-refractivity contribution in [2.75, 3.05) is 24.3 Å². The van der Waals surface area contributed by atoms with Gasteiger partial charge in [0.2, 0.25) is 5.91 Å². The molecule has 0 aliphatic carbocycles. The Kier molecular flexibility index (Phi) is 5.59. The monoisotopic (exact) mass is 378 g/mol. The van der Waals surface area contributed by atoms with E-state index in [0.29, 0.717) is 12.4 Å². The number of hydrogen-bond donors (Lipinski definition) is 1. The molecule has 0 spiro atoms. The fourth-order valence-electron chi connectivity index (χ4n) is 2.97. The van der Waals surface area contributed by atoms with Crippen LogP contribution in [0.4, 0.5) is 10.9 Å². The number of carbonyl (C=O) groups excluding carboxylic acids is 1. The van der Waals surface area contributed by atoms with E-state index in [-0.39, 0.29) is 11.8 Å². The number of aromatic nitrogens is 2. The molecule has 2 aromatic heterocycles. The molecular formula is C18H23ClN4OS. The maximum Gasteiger partial charge on any atom is 0.229 e. The van der Waals surface area contributed by atoms with Gasteiger partial charge in [0.05, 0.1) is 11.1 Å². The summed E-state index contributed by atoms with van der Waals surface area (Å²) in [5.41, 5.74) is 0.529. The molecule has 7 heteroatoms. The number of halogens is 1. The van der Waals surface area contributed by atoms with Crippen LogP contribution in [0, 0.1) is 5.41 Å². The molecule has 3 rings (SSSR count). The number of rotatable bonds is 5. The maximum absolute atomic E-state index is 12.7. The topological polar surface area (TPSA) is 58.1 Å². The normalized spacial score (nSPS) is 18.2. The molecule has 2 aromatic rings. The van der Waals surface area contributed by atoms with Gasteiger partial charge >= 0.3 is 0 Å². The van der Waals surface area contributed by atoms with Crippen molar-refractivity contribution in [1.29, 1.82) is 0 Å². The molecule has 1 saturated heterocycles. The number of hydrogen-bond acceptors (Lipinski definition) is 5. The molecule has 0 bridgehead atoms. The van der Waals surface area contributed by atoms with Crippen molar-refractivity contribution >= 4 is 39.8 Å². The third kappa shape index (κ3) is 4.30. The summed E-state index contributed by atoms with van der Waals surface area (Å²) in [6, 6.07) is 5.73. The van der Waals surface area contributed by atoms with Crippen LogP contribution in [0.15, 0.2) is 29.8 Å². The highest BCUT2D eigenvalue weighted by Gasteiger charge is 2.34. The molecule has 0 aromatic carbocycles. The number of nitrogens with zero attached hydrogens (tertiary/aromatic N) is 3. The third-order valence-corrected chi connectivity index (χ3v) is 5.91. The van der Waals surface area contributed by atoms with Gasteiger partial charge in [0, 0.05) is 36.5 Å². The zero-order valence-electron chi connectivity index (χ0n) is 14.5. The Morgan fingerprint density at radius 2 is 2.32 bits per heavy atom. The fraction of sp³-hybridized carbons (Fsp3) is 0.500. The summed E-state index contributed by atoms with van der Waals surface area (Å²) >= 11 is 7.54. The summed E-state index contributed by atoms with van der Waals surface area (Å²) in [6.45, 7) is 5.33. The van der Waals surface area contributed by atoms with Crippen molar-refractivity contribution < 1.29 is 4.79 Å². The first-order valence-corrected chi connectivity index (χ1v) is 9.90. The molecular weight excluding hydrogens is 356 g/mol. The standard InChI is InChI=1S/C18H23ClN4OS/c1-18(2,12-19)16(24)23-9-5-6-13(10-23)14-11-25-17(21-14)22-15-7-3-4-8-20-15/h3-4,7-8,11,13H,5-6,9-10,12H2,1-2H3,(H,20,21,22). The van der Waals surface area contributed by atoms with Gasteiger partial charge in [-0.15, -0.1) is 22.9 Å². The largest absolute Gasteiger partial charge is 0.342 e. The van der Waals surface area contributed by atoms with E-state index in [9.17, 15) is 4.79 Å². The first-order valence-electron chi connectivity index (χ1n) is 8.48. The summed E-state index contributed by atoms with van der Waals surface area (Å²) in [4.78, 5) is 23.6. The smallest absolute Gasteiger partial charge is 0.229 e. The van der Waals surface area contributed by atoms with Crippen LogP contribution in [0.1, 0.15) is 38.3 Å². The number of carbonyl (C=O) groups is 1. The van der Waals surface area contributed by atoms with Crippen LogP contribution in [0.25, 0.3) is 0 Å². The van der Waals surface area contributed by atoms with Crippen LogP contribution in [0.3, 0.4) is 0 Å². The van der Waals surface area contributed by atoms with E-state index in [2.05, 4.69) is 15.7 Å². The summed E-state index contributed by atoms with van der Waals surface area (Å²) in [7, 11) is 0. The highest BCUT2D eigenvalue weighted by atomic mass is 35.5. The predicted molar refractivity (Wildman–Crippen MR) is 103 cm³/mol. The van der Waals surface area contributed by atoms with Crippen LogP contribution in [0.5, 0.6) is 0 Å². The molecule has 1 fully saturated rings. The Hall–Kier alpha value is -1.66. The van der Waals surface area contributed by atoms with Crippen molar-refractivity contribution in [2.45, 2.75) is 32.6 Å². The van der Waals surface area contributed by atoms with E-state index in [1.807, 2.05) is 36.9 Å². The fourth-order valence-corrected chi connectivity index (χ4v) is 3.88. The molecule has 1 unspecified atom stereocenters. The molecule has 134 valence electrons. The summed E-state index contributed by atoms with van der Waals surface area (Å²) < 4.78 is 0. The van der Waals surface area contributed by atoms with Gasteiger partial charge in [-0.2, -0.15) is 0 Å². The van der Waals surface area contributed by atoms with Crippen LogP contribution in [0.2, 0.25) is 0 Å². The summed E-state index contributed by atoms with van der Waals surface area (Å²) in [5.74, 6) is 1.53. The van der Waals surface area contributed by atoms with Gasteiger partial charge in [-0.25, -0.2) is 9.97 Å². The number of piperidine rings is 1. The van der Waals surface area contributed by atoms with E-state index in [4.69, 9.17) is 16.6 Å². The molecule has 0 radical (unpaired) electrons. The minimum atomic E-state index is -0.517. The Morgan fingerprint density at radius 3 is 3.04 bits per heavy atom. The zero-order valence-corrected chi connectivity index (χ0v) is 16.1. The van der Waals surface area contributed by atoms with Crippen molar-refractivity contribution in [3.05, 3.63) is 35.5 Å². The lowest BCUT2D eigenvalue weighted by Gasteiger charge is -2.36. The number of anilines is 2. The Labute approximate surface area is 157 Å². The van der Waals surface area contributed by atoms with Crippen LogP contribution >= 0.6 is 22.9 Å². The molecule has 1 N–H and O–H groups in total. The molecule has 1 atom stereocenters. The number of amides is 1. The van der Waals surface area contributed by atoms with Crippen molar-refractivity contribution in [3.63, 3.8) is 0 Å². The number of likely N-dealkylation sites (tertiary alicyclic amines) is 1. The van der Waals surface area contributed by atoms with Crippen molar-refractivity contribution in [3.8, 4) is 0 Å². The van der Waals surface area contributed by atoms with Gasteiger partial charge in [-0.05, 0) is 38.8 Å². The second-order valence-corrected chi connectivity index (χ2v) is 8.15. The maximum atomic E-state index is 12.7. The number of thiazole rings is 1. The molecule has 3 heterocycles. The van der Waals surface area contributed by atoms with Crippen LogP contribution in [-0.4, -0.2) is 39.7 Å². The van der Waals surface area contributed by atoms with Crippen LogP contribution in [-0.2, 0) is 4.79 Å². The minimum absolute atomic E-state index is 0.134. The average Bonchev–Trinajstić information content (AvgIpc) is 3.10. The number of alkyl halides is 1. The first-order chi connectivity index (χ1) is 12.0. The van der Waals surface area contributed by atoms with E-state index >= 15 is 0 Å². The molecule has 5 nitrogen and oxygen atoms in total. The van der Waals surface area contributed by atoms with Gasteiger partial charge in [0.1, 0.15) is 5.82 Å². The minimum Gasteiger partial charge on any atom is -0.342 e. The SMILES string of the molecule is CC(C)(CCl)C(=O)N1CCCC(c2csc(Nc3ccccn3)n2)C1. The van der Waals surface area contributed by atoms with Gasteiger partial charge in [0.25, 0.3) is 0 Å². The van der Waals surface area contributed by atoms with Crippen molar-refractivity contribution in [2.24, 2.45) is 5.41 Å². The van der Waals surface area contributed by atoms with E-state index in [1.165, 1.54) is 0 Å².